The Hall–Kier alpha value is -1.39. The summed E-state index contributed by atoms with van der Waals surface area (Å²) < 4.78 is 7.22. The van der Waals surface area contributed by atoms with Gasteiger partial charge in [-0.3, -0.25) is 0 Å². The second kappa shape index (κ2) is 2.80. The molecule has 2 aromatic heterocycles. The molecule has 1 N–H and O–H groups in total. The molecular formula is C10H10N2O2. The predicted molar refractivity (Wildman–Crippen MR) is 49.8 cm³/mol. The molecule has 1 unspecified atom stereocenters. The lowest BCUT2D eigenvalue weighted by molar-refractivity contribution is 0.00580. The number of rotatable bonds is 0. The van der Waals surface area contributed by atoms with Gasteiger partial charge in [0.1, 0.15) is 11.8 Å². The number of aromatic nitrogens is 2. The molecule has 0 aliphatic carbocycles. The van der Waals surface area contributed by atoms with Crippen LogP contribution < -0.4 is 0 Å². The quantitative estimate of drug-likeness (QED) is 0.671. The molecule has 1 aliphatic heterocycles. The highest BCUT2D eigenvalue weighted by Gasteiger charge is 2.23. The van der Waals surface area contributed by atoms with Crippen molar-refractivity contribution in [2.75, 3.05) is 6.61 Å². The number of fused-ring (bicyclic) bond motifs is 3. The Bertz CT molecular complexity index is 478. The summed E-state index contributed by atoms with van der Waals surface area (Å²) in [5.41, 5.74) is 2.57. The van der Waals surface area contributed by atoms with Crippen LogP contribution in [0.5, 0.6) is 0 Å². The van der Waals surface area contributed by atoms with E-state index in [2.05, 4.69) is 4.98 Å². The van der Waals surface area contributed by atoms with Crippen LogP contribution in [0.4, 0.5) is 0 Å². The van der Waals surface area contributed by atoms with E-state index in [4.69, 9.17) is 4.74 Å². The molecule has 3 rings (SSSR count). The molecule has 0 bridgehead atoms. The molecular weight excluding hydrogens is 180 g/mol. The number of pyridine rings is 1. The first-order chi connectivity index (χ1) is 6.86. The van der Waals surface area contributed by atoms with E-state index in [-0.39, 0.29) is 0 Å². The van der Waals surface area contributed by atoms with Crippen molar-refractivity contribution in [1.82, 2.24) is 9.38 Å². The molecule has 4 heteroatoms. The first-order valence-corrected chi connectivity index (χ1v) is 4.58. The number of nitrogens with zero attached hydrogens (tertiary/aromatic N) is 2. The fourth-order valence-corrected chi connectivity index (χ4v) is 1.82. The smallest absolute Gasteiger partial charge is 0.137 e. The molecule has 4 nitrogen and oxygen atoms in total. The van der Waals surface area contributed by atoms with Crippen LogP contribution in [0.15, 0.2) is 24.4 Å². The van der Waals surface area contributed by atoms with E-state index in [1.165, 1.54) is 0 Å². The molecule has 0 fully saturated rings. The number of hydrogen-bond donors (Lipinski definition) is 1. The van der Waals surface area contributed by atoms with Crippen molar-refractivity contribution < 1.29 is 9.84 Å². The van der Waals surface area contributed by atoms with Gasteiger partial charge in [-0.1, -0.05) is 6.07 Å². The molecule has 0 spiro atoms. The Morgan fingerprint density at radius 1 is 1.50 bits per heavy atom. The lowest BCUT2D eigenvalue weighted by Gasteiger charge is -2.16. The summed E-state index contributed by atoms with van der Waals surface area (Å²) >= 11 is 0. The van der Waals surface area contributed by atoms with Gasteiger partial charge in [-0.25, -0.2) is 4.98 Å². The maximum atomic E-state index is 9.66. The summed E-state index contributed by atoms with van der Waals surface area (Å²) in [6.45, 7) is 0.869. The topological polar surface area (TPSA) is 46.8 Å². The Balaban J connectivity index is 2.32. The Labute approximate surface area is 80.8 Å². The Morgan fingerprint density at radius 2 is 2.43 bits per heavy atom. The largest absolute Gasteiger partial charge is 0.384 e. The summed E-state index contributed by atoms with van der Waals surface area (Å²) in [5.74, 6) is 0. The molecule has 0 saturated heterocycles. The lowest BCUT2D eigenvalue weighted by Crippen LogP contribution is -2.16. The standard InChI is InChI=1S/C10H10N2O2/c13-8-6-14-5-7-10(8)11-9-3-1-2-4-12(7)9/h1-4,8,13H,5-6H2. The number of ether oxygens (including phenoxy) is 1. The van der Waals surface area contributed by atoms with Crippen molar-refractivity contribution in [2.24, 2.45) is 0 Å². The van der Waals surface area contributed by atoms with E-state index >= 15 is 0 Å². The molecule has 1 aliphatic rings. The van der Waals surface area contributed by atoms with E-state index in [1.807, 2.05) is 28.8 Å². The third-order valence-electron chi connectivity index (χ3n) is 2.49. The van der Waals surface area contributed by atoms with Gasteiger partial charge < -0.3 is 14.2 Å². The van der Waals surface area contributed by atoms with Crippen LogP contribution >= 0.6 is 0 Å². The number of aliphatic hydroxyl groups excluding tert-OH is 1. The summed E-state index contributed by atoms with van der Waals surface area (Å²) in [6.07, 6.45) is 1.35. The van der Waals surface area contributed by atoms with Crippen molar-refractivity contribution in [3.63, 3.8) is 0 Å². The molecule has 1 atom stereocenters. The SMILES string of the molecule is OC1COCc2c1nc1ccccn21. The highest BCUT2D eigenvalue weighted by atomic mass is 16.5. The maximum absolute atomic E-state index is 9.66. The van der Waals surface area contributed by atoms with E-state index in [1.54, 1.807) is 0 Å². The monoisotopic (exact) mass is 190 g/mol. The van der Waals surface area contributed by atoms with Gasteiger partial charge in [0.25, 0.3) is 0 Å². The molecule has 3 heterocycles. The zero-order chi connectivity index (χ0) is 9.54. The molecule has 72 valence electrons. The van der Waals surface area contributed by atoms with E-state index < -0.39 is 6.10 Å². The van der Waals surface area contributed by atoms with E-state index in [9.17, 15) is 5.11 Å². The third-order valence-corrected chi connectivity index (χ3v) is 2.49. The predicted octanol–water partition coefficient (Wildman–Crippen LogP) is 0.898. The number of imidazole rings is 1. The summed E-state index contributed by atoms with van der Waals surface area (Å²) in [7, 11) is 0. The summed E-state index contributed by atoms with van der Waals surface area (Å²) in [5, 5.41) is 9.66. The minimum Gasteiger partial charge on any atom is -0.384 e. The van der Waals surface area contributed by atoms with Gasteiger partial charge in [0, 0.05) is 6.20 Å². The van der Waals surface area contributed by atoms with Crippen molar-refractivity contribution >= 4 is 5.65 Å². The van der Waals surface area contributed by atoms with Gasteiger partial charge in [-0.05, 0) is 12.1 Å². The Morgan fingerprint density at radius 3 is 3.36 bits per heavy atom. The first kappa shape index (κ1) is 7.96. The molecule has 0 saturated carbocycles. The van der Waals surface area contributed by atoms with Crippen molar-refractivity contribution in [2.45, 2.75) is 12.7 Å². The van der Waals surface area contributed by atoms with Crippen LogP contribution in [-0.2, 0) is 11.3 Å². The Kier molecular flexibility index (Phi) is 1.59. The van der Waals surface area contributed by atoms with Crippen molar-refractivity contribution in [3.05, 3.63) is 35.8 Å². The van der Waals surface area contributed by atoms with Gasteiger partial charge in [0.05, 0.1) is 24.6 Å². The second-order valence-corrected chi connectivity index (χ2v) is 3.40. The summed E-state index contributed by atoms with van der Waals surface area (Å²) in [4.78, 5) is 4.37. The zero-order valence-corrected chi connectivity index (χ0v) is 7.55. The van der Waals surface area contributed by atoms with Gasteiger partial charge in [0.2, 0.25) is 0 Å². The molecule has 14 heavy (non-hydrogen) atoms. The average Bonchev–Trinajstić information content (AvgIpc) is 2.59. The highest BCUT2D eigenvalue weighted by Crippen LogP contribution is 2.24. The highest BCUT2D eigenvalue weighted by molar-refractivity contribution is 5.43. The normalized spacial score (nSPS) is 21.1. The average molecular weight is 190 g/mol. The van der Waals surface area contributed by atoms with Crippen molar-refractivity contribution in [1.29, 1.82) is 0 Å². The van der Waals surface area contributed by atoms with Gasteiger partial charge in [0.15, 0.2) is 0 Å². The van der Waals surface area contributed by atoms with Crippen LogP contribution in [0, 0.1) is 0 Å². The van der Waals surface area contributed by atoms with Crippen LogP contribution in [-0.4, -0.2) is 21.1 Å². The van der Waals surface area contributed by atoms with Crippen LogP contribution in [0.25, 0.3) is 5.65 Å². The summed E-state index contributed by atoms with van der Waals surface area (Å²) in [6, 6.07) is 5.79. The minimum atomic E-state index is -0.585. The fourth-order valence-electron chi connectivity index (χ4n) is 1.82. The van der Waals surface area contributed by atoms with Crippen LogP contribution in [0.3, 0.4) is 0 Å². The molecule has 0 radical (unpaired) electrons. The van der Waals surface area contributed by atoms with Gasteiger partial charge in [-0.15, -0.1) is 0 Å². The lowest BCUT2D eigenvalue weighted by atomic mass is 10.2. The molecule has 2 aromatic rings. The minimum absolute atomic E-state index is 0.344. The van der Waals surface area contributed by atoms with Gasteiger partial charge >= 0.3 is 0 Å². The van der Waals surface area contributed by atoms with Crippen LogP contribution in [0.1, 0.15) is 17.5 Å². The van der Waals surface area contributed by atoms with E-state index in [0.717, 1.165) is 17.0 Å². The van der Waals surface area contributed by atoms with Crippen LogP contribution in [0.2, 0.25) is 0 Å². The third kappa shape index (κ3) is 0.981. The maximum Gasteiger partial charge on any atom is 0.137 e. The number of aliphatic hydroxyl groups is 1. The van der Waals surface area contributed by atoms with Crippen molar-refractivity contribution in [3.8, 4) is 0 Å². The molecule has 0 aromatic carbocycles. The second-order valence-electron chi connectivity index (χ2n) is 3.40. The fraction of sp³-hybridized carbons (Fsp3) is 0.300. The van der Waals surface area contributed by atoms with Gasteiger partial charge in [-0.2, -0.15) is 0 Å². The number of hydrogen-bond acceptors (Lipinski definition) is 3. The zero-order valence-electron chi connectivity index (χ0n) is 7.55. The molecule has 0 amide bonds. The first-order valence-electron chi connectivity index (χ1n) is 4.58. The van der Waals surface area contributed by atoms with E-state index in [0.29, 0.717) is 13.2 Å².